The summed E-state index contributed by atoms with van der Waals surface area (Å²) in [5, 5.41) is 0.609. The van der Waals surface area contributed by atoms with Crippen molar-refractivity contribution in [2.45, 2.75) is 6.92 Å². The number of anilines is 1. The van der Waals surface area contributed by atoms with Crippen molar-refractivity contribution in [1.82, 2.24) is 0 Å². The van der Waals surface area contributed by atoms with Crippen LogP contribution in [-0.2, 0) is 4.94 Å². The molecule has 0 atom stereocenters. The number of carbonyl (C=O) groups is 1. The van der Waals surface area contributed by atoms with Crippen LogP contribution < -0.4 is 5.73 Å². The maximum atomic E-state index is 11.7. The van der Waals surface area contributed by atoms with Crippen LogP contribution in [-0.4, -0.2) is 5.97 Å². The van der Waals surface area contributed by atoms with Crippen molar-refractivity contribution in [3.8, 4) is 0 Å². The van der Waals surface area contributed by atoms with Crippen LogP contribution in [0.3, 0.4) is 0 Å². The lowest BCUT2D eigenvalue weighted by atomic mass is 10.1. The average molecular weight is 209 g/mol. The molecule has 78 valence electrons. The Balaban J connectivity index is 2.75. The van der Waals surface area contributed by atoms with Crippen molar-refractivity contribution in [2.24, 2.45) is 0 Å². The molecule has 1 aromatic carbocycles. The lowest BCUT2D eigenvalue weighted by molar-refractivity contribution is -0.0811. The lowest BCUT2D eigenvalue weighted by Crippen LogP contribution is -1.98. The van der Waals surface area contributed by atoms with E-state index in [-0.39, 0.29) is 5.76 Å². The minimum atomic E-state index is -1.15. The highest BCUT2D eigenvalue weighted by Gasteiger charge is 2.20. The third-order valence-corrected chi connectivity index (χ3v) is 2.24. The molecule has 0 bridgehead atoms. The average Bonchev–Trinajstić information content (AvgIpc) is 2.56. The minimum Gasteiger partial charge on any atom is -0.449 e. The maximum absolute atomic E-state index is 11.7. The zero-order chi connectivity index (χ0) is 11.0. The van der Waals surface area contributed by atoms with E-state index in [0.717, 1.165) is 0 Å². The quantitative estimate of drug-likeness (QED) is 0.732. The predicted octanol–water partition coefficient (Wildman–Crippen LogP) is 2.36. The molecular weight excluding hydrogens is 201 g/mol. The summed E-state index contributed by atoms with van der Waals surface area (Å²) >= 11 is 0. The highest BCUT2D eigenvalue weighted by molar-refractivity contribution is 6.00. The topological polar surface area (TPSA) is 65.5 Å². The van der Waals surface area contributed by atoms with E-state index in [4.69, 9.17) is 10.2 Å². The minimum absolute atomic E-state index is 0.162. The van der Waals surface area contributed by atoms with Crippen LogP contribution in [0.5, 0.6) is 0 Å². The number of nitrogen functional groups attached to an aromatic ring is 1. The van der Waals surface area contributed by atoms with Crippen molar-refractivity contribution in [2.75, 3.05) is 5.73 Å². The number of nitrogens with two attached hydrogens (primary N) is 1. The zero-order valence-electron chi connectivity index (χ0n) is 7.91. The van der Waals surface area contributed by atoms with Crippen molar-refractivity contribution in [1.29, 1.82) is 0 Å². The van der Waals surface area contributed by atoms with Gasteiger partial charge >= 0.3 is 5.97 Å². The van der Waals surface area contributed by atoms with Crippen LogP contribution in [0.25, 0.3) is 11.0 Å². The number of halogens is 1. The molecule has 0 saturated heterocycles. The third kappa shape index (κ3) is 1.32. The van der Waals surface area contributed by atoms with E-state index in [1.54, 1.807) is 25.1 Å². The van der Waals surface area contributed by atoms with Gasteiger partial charge in [0, 0.05) is 21.2 Å². The molecule has 0 aliphatic carbocycles. The van der Waals surface area contributed by atoms with Crippen LogP contribution in [0.1, 0.15) is 16.1 Å². The molecule has 0 radical (unpaired) electrons. The molecule has 4 nitrogen and oxygen atoms in total. The van der Waals surface area contributed by atoms with Crippen LogP contribution in [0, 0.1) is 6.92 Å². The van der Waals surface area contributed by atoms with E-state index in [9.17, 15) is 9.32 Å². The highest BCUT2D eigenvalue weighted by Crippen LogP contribution is 2.30. The van der Waals surface area contributed by atoms with Gasteiger partial charge in [0.2, 0.25) is 5.76 Å². The Bertz CT molecular complexity index is 533. The number of aryl methyl sites for hydroxylation is 1. The van der Waals surface area contributed by atoms with Crippen LogP contribution >= 0.6 is 0 Å². The number of hydrogen-bond acceptors (Lipinski definition) is 4. The van der Waals surface area contributed by atoms with Crippen molar-refractivity contribution in [3.05, 3.63) is 29.5 Å². The van der Waals surface area contributed by atoms with E-state index >= 15 is 0 Å². The Morgan fingerprint density at radius 3 is 2.87 bits per heavy atom. The summed E-state index contributed by atoms with van der Waals surface area (Å²) in [5.41, 5.74) is 7.10. The Morgan fingerprint density at radius 1 is 1.53 bits per heavy atom. The van der Waals surface area contributed by atoms with Crippen LogP contribution in [0.15, 0.2) is 22.6 Å². The van der Waals surface area contributed by atoms with Gasteiger partial charge in [0.15, 0.2) is 0 Å². The first-order valence-electron chi connectivity index (χ1n) is 4.25. The molecule has 0 fully saturated rings. The van der Waals surface area contributed by atoms with Crippen LogP contribution in [0.4, 0.5) is 10.2 Å². The second-order valence-electron chi connectivity index (χ2n) is 3.14. The van der Waals surface area contributed by atoms with E-state index in [2.05, 4.69) is 4.94 Å². The summed E-state index contributed by atoms with van der Waals surface area (Å²) in [6.45, 7) is 1.62. The molecule has 0 saturated carbocycles. The van der Waals surface area contributed by atoms with E-state index in [1.165, 1.54) is 0 Å². The number of rotatable bonds is 1. The summed E-state index contributed by atoms with van der Waals surface area (Å²) in [6.07, 6.45) is 0. The number of carbonyl (C=O) groups excluding carboxylic acids is 1. The molecule has 1 aromatic heterocycles. The summed E-state index contributed by atoms with van der Waals surface area (Å²) in [7, 11) is 0. The SMILES string of the molecule is Cc1c(C(=O)OF)oc2cccc(N)c12. The highest BCUT2D eigenvalue weighted by atomic mass is 19.3. The second kappa shape index (κ2) is 3.27. The van der Waals surface area contributed by atoms with Gasteiger partial charge in [0.1, 0.15) is 5.58 Å². The Kier molecular flexibility index (Phi) is 2.07. The van der Waals surface area contributed by atoms with Gasteiger partial charge in [-0.3, -0.25) is 0 Å². The molecule has 0 spiro atoms. The van der Waals surface area contributed by atoms with Crippen molar-refractivity contribution in [3.63, 3.8) is 0 Å². The molecule has 2 N–H and O–H groups in total. The molecule has 2 aromatic rings. The fraction of sp³-hybridized carbons (Fsp3) is 0.100. The van der Waals surface area contributed by atoms with Gasteiger partial charge in [-0.2, -0.15) is 0 Å². The maximum Gasteiger partial charge on any atom is 0.414 e. The van der Waals surface area contributed by atoms with Crippen LogP contribution in [0.2, 0.25) is 0 Å². The number of benzene rings is 1. The molecule has 0 unspecified atom stereocenters. The summed E-state index contributed by atoms with van der Waals surface area (Å²) < 4.78 is 16.9. The standard InChI is InChI=1S/C10H8FNO3/c1-5-8-6(12)3-2-4-7(8)14-9(5)10(13)15-11/h2-4H,12H2,1H3. The van der Waals surface area contributed by atoms with E-state index < -0.39 is 5.97 Å². The smallest absolute Gasteiger partial charge is 0.414 e. The monoisotopic (exact) mass is 209 g/mol. The molecular formula is C10H8FNO3. The summed E-state index contributed by atoms with van der Waals surface area (Å²) in [5.74, 6) is -1.31. The summed E-state index contributed by atoms with van der Waals surface area (Å²) in [4.78, 5) is 14.1. The number of furan rings is 1. The van der Waals surface area contributed by atoms with Gasteiger partial charge < -0.3 is 10.2 Å². The van der Waals surface area contributed by atoms with Gasteiger partial charge in [-0.05, 0) is 19.1 Å². The van der Waals surface area contributed by atoms with Gasteiger partial charge in [0.05, 0.1) is 0 Å². The summed E-state index contributed by atoms with van der Waals surface area (Å²) in [6, 6.07) is 5.01. The Morgan fingerprint density at radius 2 is 2.27 bits per heavy atom. The molecule has 0 amide bonds. The second-order valence-corrected chi connectivity index (χ2v) is 3.14. The zero-order valence-corrected chi connectivity index (χ0v) is 7.91. The predicted molar refractivity (Wildman–Crippen MR) is 51.9 cm³/mol. The number of hydrogen-bond donors (Lipinski definition) is 1. The molecule has 2 rings (SSSR count). The Hall–Kier alpha value is -2.04. The molecule has 5 heteroatoms. The normalized spacial score (nSPS) is 10.5. The van der Waals surface area contributed by atoms with Gasteiger partial charge in [-0.25, -0.2) is 9.74 Å². The van der Waals surface area contributed by atoms with Crippen molar-refractivity contribution >= 4 is 22.6 Å². The van der Waals surface area contributed by atoms with E-state index in [1.807, 2.05) is 0 Å². The van der Waals surface area contributed by atoms with Gasteiger partial charge in [-0.15, -0.1) is 0 Å². The molecule has 15 heavy (non-hydrogen) atoms. The third-order valence-electron chi connectivity index (χ3n) is 2.24. The first-order valence-corrected chi connectivity index (χ1v) is 4.25. The molecule has 0 aliphatic rings. The first kappa shape index (κ1) is 9.51. The Labute approximate surface area is 84.3 Å². The van der Waals surface area contributed by atoms with Gasteiger partial charge in [-0.1, -0.05) is 6.07 Å². The molecule has 0 aliphatic heterocycles. The largest absolute Gasteiger partial charge is 0.449 e. The lowest BCUT2D eigenvalue weighted by Gasteiger charge is -1.94. The van der Waals surface area contributed by atoms with Crippen molar-refractivity contribution < 1.29 is 18.7 Å². The van der Waals surface area contributed by atoms with Gasteiger partial charge in [0.25, 0.3) is 0 Å². The van der Waals surface area contributed by atoms with E-state index in [0.29, 0.717) is 22.2 Å². The molecule has 1 heterocycles. The fourth-order valence-corrected chi connectivity index (χ4v) is 1.56. The first-order chi connectivity index (χ1) is 7.15. The fourth-order valence-electron chi connectivity index (χ4n) is 1.56. The number of fused-ring (bicyclic) bond motifs is 1.